The minimum absolute atomic E-state index is 0.105. The highest BCUT2D eigenvalue weighted by atomic mass is 16.5. The lowest BCUT2D eigenvalue weighted by Crippen LogP contribution is -2.30. The summed E-state index contributed by atoms with van der Waals surface area (Å²) in [5.41, 5.74) is 7.05. The summed E-state index contributed by atoms with van der Waals surface area (Å²) in [6, 6.07) is 9.47. The molecule has 0 spiro atoms. The molecule has 0 radical (unpaired) electrons. The van der Waals surface area contributed by atoms with E-state index in [2.05, 4.69) is 0 Å². The maximum Gasteiger partial charge on any atom is 0.256 e. The molecule has 0 atom stereocenters. The second-order valence-electron chi connectivity index (χ2n) is 4.85. The third-order valence-corrected chi connectivity index (χ3v) is 3.23. The van der Waals surface area contributed by atoms with Gasteiger partial charge in [-0.3, -0.25) is 4.79 Å². The van der Waals surface area contributed by atoms with E-state index in [1.165, 1.54) is 6.26 Å². The average molecular weight is 288 g/mol. The fourth-order valence-corrected chi connectivity index (χ4v) is 1.93. The number of nitrogens with zero attached hydrogens (tertiary/aromatic N) is 1. The summed E-state index contributed by atoms with van der Waals surface area (Å²) >= 11 is 0. The molecule has 5 heteroatoms. The zero-order valence-electron chi connectivity index (χ0n) is 12.3. The quantitative estimate of drug-likeness (QED) is 0.884. The summed E-state index contributed by atoms with van der Waals surface area (Å²) in [6.07, 6.45) is 1.43. The Morgan fingerprint density at radius 2 is 2.14 bits per heavy atom. The third-order valence-electron chi connectivity index (χ3n) is 3.23. The van der Waals surface area contributed by atoms with Crippen molar-refractivity contribution in [2.75, 3.05) is 20.2 Å². The van der Waals surface area contributed by atoms with Gasteiger partial charge in [0.1, 0.15) is 24.4 Å². The molecule has 2 aromatic rings. The van der Waals surface area contributed by atoms with Crippen molar-refractivity contribution in [2.24, 2.45) is 5.73 Å². The van der Waals surface area contributed by atoms with E-state index in [0.29, 0.717) is 24.5 Å². The summed E-state index contributed by atoms with van der Waals surface area (Å²) in [4.78, 5) is 13.8. The standard InChI is InChI=1S/C16H20N2O3/c1-12-5-3-4-6-15(12)20-8-7-18(2)16(19)13-9-14(10-17)21-11-13/h3-6,9,11H,7-8,10,17H2,1-2H3. The number of rotatable bonds is 6. The van der Waals surface area contributed by atoms with Gasteiger partial charge in [-0.25, -0.2) is 0 Å². The molecule has 0 aliphatic heterocycles. The number of hydrogen-bond acceptors (Lipinski definition) is 4. The largest absolute Gasteiger partial charge is 0.491 e. The maximum absolute atomic E-state index is 12.2. The first-order chi connectivity index (χ1) is 10.1. The van der Waals surface area contributed by atoms with Crippen LogP contribution in [0.4, 0.5) is 0 Å². The number of benzene rings is 1. The predicted molar refractivity (Wildman–Crippen MR) is 80.2 cm³/mol. The molecule has 0 aliphatic rings. The Morgan fingerprint density at radius 3 is 2.81 bits per heavy atom. The van der Waals surface area contributed by atoms with E-state index in [-0.39, 0.29) is 12.5 Å². The van der Waals surface area contributed by atoms with Crippen LogP contribution >= 0.6 is 0 Å². The monoisotopic (exact) mass is 288 g/mol. The van der Waals surface area contributed by atoms with Gasteiger partial charge in [0.25, 0.3) is 5.91 Å². The molecule has 0 bridgehead atoms. The third kappa shape index (κ3) is 3.86. The van der Waals surface area contributed by atoms with E-state index in [0.717, 1.165) is 11.3 Å². The van der Waals surface area contributed by atoms with Gasteiger partial charge < -0.3 is 19.8 Å². The van der Waals surface area contributed by atoms with Crippen molar-refractivity contribution in [3.05, 3.63) is 53.5 Å². The van der Waals surface area contributed by atoms with Crippen molar-refractivity contribution in [3.8, 4) is 5.75 Å². The van der Waals surface area contributed by atoms with Gasteiger partial charge in [0.15, 0.2) is 0 Å². The number of carbonyl (C=O) groups excluding carboxylic acids is 1. The second kappa shape index (κ2) is 6.95. The van der Waals surface area contributed by atoms with Gasteiger partial charge in [-0.1, -0.05) is 18.2 Å². The van der Waals surface area contributed by atoms with Crippen LogP contribution in [0, 0.1) is 6.92 Å². The van der Waals surface area contributed by atoms with E-state index in [1.54, 1.807) is 18.0 Å². The summed E-state index contributed by atoms with van der Waals surface area (Å²) in [5, 5.41) is 0. The topological polar surface area (TPSA) is 68.7 Å². The minimum atomic E-state index is -0.105. The molecular formula is C16H20N2O3. The zero-order valence-corrected chi connectivity index (χ0v) is 12.3. The molecule has 2 rings (SSSR count). The van der Waals surface area contributed by atoms with Crippen LogP contribution in [0.3, 0.4) is 0 Å². The maximum atomic E-state index is 12.2. The number of amides is 1. The van der Waals surface area contributed by atoms with Gasteiger partial charge in [-0.15, -0.1) is 0 Å². The lowest BCUT2D eigenvalue weighted by Gasteiger charge is -2.17. The smallest absolute Gasteiger partial charge is 0.256 e. The predicted octanol–water partition coefficient (Wildman–Crippen LogP) is 2.20. The van der Waals surface area contributed by atoms with E-state index in [9.17, 15) is 4.79 Å². The van der Waals surface area contributed by atoms with Gasteiger partial charge in [-0.05, 0) is 24.6 Å². The number of para-hydroxylation sites is 1. The summed E-state index contributed by atoms with van der Waals surface area (Å²) < 4.78 is 10.9. The molecule has 0 aliphatic carbocycles. The molecule has 5 nitrogen and oxygen atoms in total. The van der Waals surface area contributed by atoms with Crippen molar-refractivity contribution < 1.29 is 13.9 Å². The lowest BCUT2D eigenvalue weighted by atomic mass is 10.2. The minimum Gasteiger partial charge on any atom is -0.491 e. The first-order valence-corrected chi connectivity index (χ1v) is 6.83. The molecule has 0 fully saturated rings. The number of carbonyl (C=O) groups is 1. The Hall–Kier alpha value is -2.27. The van der Waals surface area contributed by atoms with Crippen LogP contribution in [0.1, 0.15) is 21.7 Å². The number of likely N-dealkylation sites (N-methyl/N-ethyl adjacent to an activating group) is 1. The van der Waals surface area contributed by atoms with Gasteiger partial charge in [-0.2, -0.15) is 0 Å². The lowest BCUT2D eigenvalue weighted by molar-refractivity contribution is 0.0773. The first kappa shape index (κ1) is 15.1. The Balaban J connectivity index is 1.85. The highest BCUT2D eigenvalue weighted by Gasteiger charge is 2.14. The molecule has 21 heavy (non-hydrogen) atoms. The average Bonchev–Trinajstić information content (AvgIpc) is 2.97. The van der Waals surface area contributed by atoms with Crippen molar-refractivity contribution in [3.63, 3.8) is 0 Å². The Labute approximate surface area is 124 Å². The molecule has 0 unspecified atom stereocenters. The van der Waals surface area contributed by atoms with Gasteiger partial charge in [0.2, 0.25) is 0 Å². The molecule has 112 valence electrons. The SMILES string of the molecule is Cc1ccccc1OCCN(C)C(=O)c1coc(CN)c1. The number of aryl methyl sites for hydroxylation is 1. The molecule has 1 aromatic carbocycles. The number of hydrogen-bond donors (Lipinski definition) is 1. The highest BCUT2D eigenvalue weighted by molar-refractivity contribution is 5.93. The van der Waals surface area contributed by atoms with Crippen LogP contribution in [-0.4, -0.2) is 31.0 Å². The summed E-state index contributed by atoms with van der Waals surface area (Å²) in [5.74, 6) is 1.34. The Morgan fingerprint density at radius 1 is 1.38 bits per heavy atom. The fraction of sp³-hybridized carbons (Fsp3) is 0.312. The Bertz CT molecular complexity index is 607. The number of ether oxygens (including phenoxy) is 1. The van der Waals surface area contributed by atoms with E-state index < -0.39 is 0 Å². The summed E-state index contributed by atoms with van der Waals surface area (Å²) in [6.45, 7) is 3.21. The molecule has 2 N–H and O–H groups in total. The fourth-order valence-electron chi connectivity index (χ4n) is 1.93. The van der Waals surface area contributed by atoms with Gasteiger partial charge >= 0.3 is 0 Å². The summed E-state index contributed by atoms with van der Waals surface area (Å²) in [7, 11) is 1.73. The van der Waals surface area contributed by atoms with Crippen LogP contribution in [0.5, 0.6) is 5.75 Å². The molecule has 0 saturated carbocycles. The van der Waals surface area contributed by atoms with Crippen LogP contribution in [0.15, 0.2) is 41.0 Å². The second-order valence-corrected chi connectivity index (χ2v) is 4.85. The van der Waals surface area contributed by atoms with Crippen molar-refractivity contribution in [1.29, 1.82) is 0 Å². The molecule has 0 saturated heterocycles. The van der Waals surface area contributed by atoms with E-state index in [1.807, 2.05) is 31.2 Å². The molecular weight excluding hydrogens is 268 g/mol. The Kier molecular flexibility index (Phi) is 5.00. The molecule has 1 amide bonds. The van der Waals surface area contributed by atoms with Gasteiger partial charge in [0.05, 0.1) is 18.7 Å². The van der Waals surface area contributed by atoms with E-state index >= 15 is 0 Å². The van der Waals surface area contributed by atoms with Crippen molar-refractivity contribution >= 4 is 5.91 Å². The van der Waals surface area contributed by atoms with Crippen LogP contribution in [-0.2, 0) is 6.54 Å². The first-order valence-electron chi connectivity index (χ1n) is 6.83. The molecule has 1 heterocycles. The highest BCUT2D eigenvalue weighted by Crippen LogP contribution is 2.16. The normalized spacial score (nSPS) is 10.4. The van der Waals surface area contributed by atoms with Crippen molar-refractivity contribution in [1.82, 2.24) is 4.90 Å². The van der Waals surface area contributed by atoms with Crippen molar-refractivity contribution in [2.45, 2.75) is 13.5 Å². The molecule has 1 aromatic heterocycles. The van der Waals surface area contributed by atoms with Crippen LogP contribution < -0.4 is 10.5 Å². The van der Waals surface area contributed by atoms with Gasteiger partial charge in [0, 0.05) is 7.05 Å². The zero-order chi connectivity index (χ0) is 15.2. The van der Waals surface area contributed by atoms with Crippen LogP contribution in [0.25, 0.3) is 0 Å². The van der Waals surface area contributed by atoms with E-state index in [4.69, 9.17) is 14.9 Å². The number of nitrogens with two attached hydrogens (primary N) is 1. The van der Waals surface area contributed by atoms with Crippen LogP contribution in [0.2, 0.25) is 0 Å². The number of furan rings is 1.